The lowest BCUT2D eigenvalue weighted by atomic mass is 10.0. The highest BCUT2D eigenvalue weighted by atomic mass is 19.1. The number of rotatable bonds is 8. The minimum Gasteiger partial charge on any atom is -0.303 e. The van der Waals surface area contributed by atoms with Gasteiger partial charge in [0.1, 0.15) is 29.3 Å². The van der Waals surface area contributed by atoms with Gasteiger partial charge in [0.2, 0.25) is 11.6 Å². The van der Waals surface area contributed by atoms with E-state index in [9.17, 15) is 22.8 Å². The first-order valence-corrected chi connectivity index (χ1v) is 15.3. The van der Waals surface area contributed by atoms with Crippen molar-refractivity contribution in [2.24, 2.45) is 0 Å². The number of nitrogens with zero attached hydrogens (tertiary/aromatic N) is 9. The average molecular weight is 692 g/mol. The topological polar surface area (TPSA) is 165 Å². The Morgan fingerprint density at radius 1 is 0.608 bits per heavy atom. The zero-order valence-electron chi connectivity index (χ0n) is 26.0. The molecule has 0 unspecified atom stereocenters. The van der Waals surface area contributed by atoms with Gasteiger partial charge in [0.25, 0.3) is 11.1 Å². The van der Waals surface area contributed by atoms with Crippen LogP contribution in [0.1, 0.15) is 33.8 Å². The average Bonchev–Trinajstić information content (AvgIpc) is 3.77. The normalized spacial score (nSPS) is 11.5. The van der Waals surface area contributed by atoms with E-state index in [4.69, 9.17) is 0 Å². The number of aromatic amines is 2. The lowest BCUT2D eigenvalue weighted by Gasteiger charge is -2.12. The zero-order valence-corrected chi connectivity index (χ0v) is 26.0. The Morgan fingerprint density at radius 2 is 1.22 bits per heavy atom. The monoisotopic (exact) mass is 691 g/mol. The molecule has 17 heteroatoms. The van der Waals surface area contributed by atoms with Gasteiger partial charge in [-0.3, -0.25) is 14.0 Å². The maximum absolute atomic E-state index is 16.3. The van der Waals surface area contributed by atoms with E-state index in [2.05, 4.69) is 45.0 Å². The number of imidazole rings is 1. The number of H-pyrrole nitrogens is 2. The third kappa shape index (κ3) is 5.90. The molecule has 0 amide bonds. The van der Waals surface area contributed by atoms with Crippen LogP contribution in [-0.2, 0) is 19.3 Å². The van der Waals surface area contributed by atoms with E-state index in [1.165, 1.54) is 29.3 Å². The molecule has 0 bridgehead atoms. The lowest BCUT2D eigenvalue weighted by Crippen LogP contribution is -2.14. The molecular weight excluding hydrogens is 670 g/mol. The molecule has 0 radical (unpaired) electrons. The van der Waals surface area contributed by atoms with Gasteiger partial charge in [0, 0.05) is 37.4 Å². The second kappa shape index (κ2) is 12.5. The predicted octanol–water partition coefficient (Wildman–Crippen LogP) is 4.00. The van der Waals surface area contributed by atoms with Crippen LogP contribution in [0.3, 0.4) is 0 Å². The Hall–Kier alpha value is -6.91. The van der Waals surface area contributed by atoms with Gasteiger partial charge in [-0.05, 0) is 22.8 Å². The summed E-state index contributed by atoms with van der Waals surface area (Å²) in [5.41, 5.74) is 1.14. The quantitative estimate of drug-likeness (QED) is 0.224. The summed E-state index contributed by atoms with van der Waals surface area (Å²) in [5, 5.41) is 4.14. The van der Waals surface area contributed by atoms with Crippen LogP contribution in [0.2, 0.25) is 0 Å². The summed E-state index contributed by atoms with van der Waals surface area (Å²) in [6, 6.07) is 11.1. The second-order valence-corrected chi connectivity index (χ2v) is 11.4. The Morgan fingerprint density at radius 3 is 1.90 bits per heavy atom. The van der Waals surface area contributed by atoms with Crippen LogP contribution in [-0.4, -0.2) is 53.9 Å². The summed E-state index contributed by atoms with van der Waals surface area (Å²) in [4.78, 5) is 54.5. The molecule has 0 saturated heterocycles. The molecule has 6 aromatic heterocycles. The summed E-state index contributed by atoms with van der Waals surface area (Å²) < 4.78 is 61.4. The zero-order chi connectivity index (χ0) is 35.2. The van der Waals surface area contributed by atoms with E-state index in [1.54, 1.807) is 47.0 Å². The maximum atomic E-state index is 16.3. The highest BCUT2D eigenvalue weighted by molar-refractivity contribution is 5.57. The van der Waals surface area contributed by atoms with Crippen LogP contribution in [0.25, 0.3) is 34.3 Å². The Balaban J connectivity index is 1.18. The van der Waals surface area contributed by atoms with Crippen molar-refractivity contribution in [1.82, 2.24) is 53.9 Å². The van der Waals surface area contributed by atoms with Crippen molar-refractivity contribution in [3.8, 4) is 23.0 Å². The van der Waals surface area contributed by atoms with Gasteiger partial charge in [0.15, 0.2) is 22.9 Å². The molecule has 13 nitrogen and oxygen atoms in total. The van der Waals surface area contributed by atoms with Gasteiger partial charge in [-0.25, -0.2) is 43.2 Å². The van der Waals surface area contributed by atoms with Crippen molar-refractivity contribution in [3.05, 3.63) is 158 Å². The highest BCUT2D eigenvalue weighted by Crippen LogP contribution is 2.25. The number of fused-ring (bicyclic) bond motifs is 2. The summed E-state index contributed by atoms with van der Waals surface area (Å²) in [6.45, 7) is 0. The molecule has 0 aliphatic carbocycles. The number of aromatic nitrogens is 11. The fraction of sp³-hybridized carbons (Fsp3) is 0.0882. The van der Waals surface area contributed by atoms with Crippen molar-refractivity contribution < 1.29 is 17.6 Å². The van der Waals surface area contributed by atoms with Crippen molar-refractivity contribution in [3.63, 3.8) is 0 Å². The van der Waals surface area contributed by atoms with Gasteiger partial charge < -0.3 is 9.97 Å². The number of hydrogen-bond donors (Lipinski definition) is 2. The minimum absolute atomic E-state index is 0.00923. The molecule has 2 aromatic carbocycles. The Bertz CT molecular complexity index is 2760. The molecule has 0 atom stereocenters. The molecule has 0 aliphatic rings. The van der Waals surface area contributed by atoms with E-state index in [0.717, 1.165) is 12.4 Å². The van der Waals surface area contributed by atoms with Crippen molar-refractivity contribution in [1.29, 1.82) is 0 Å². The molecule has 0 fully saturated rings. The maximum Gasteiger partial charge on any atom is 0.287 e. The molecule has 6 heterocycles. The van der Waals surface area contributed by atoms with Crippen LogP contribution >= 0.6 is 0 Å². The van der Waals surface area contributed by atoms with Crippen LogP contribution < -0.4 is 11.1 Å². The third-order valence-electron chi connectivity index (χ3n) is 8.17. The first kappa shape index (κ1) is 31.4. The largest absolute Gasteiger partial charge is 0.303 e. The number of hydrogen-bond acceptors (Lipinski definition) is 9. The smallest absolute Gasteiger partial charge is 0.287 e. The van der Waals surface area contributed by atoms with E-state index < -0.39 is 34.4 Å². The van der Waals surface area contributed by atoms with E-state index in [0.29, 0.717) is 39.5 Å². The molecule has 252 valence electrons. The van der Waals surface area contributed by atoms with Gasteiger partial charge >= 0.3 is 0 Å². The van der Waals surface area contributed by atoms with Crippen LogP contribution in [0.15, 0.2) is 89.4 Å². The molecular formula is C34H21F4N11O2. The Kier molecular flexibility index (Phi) is 7.70. The number of nitrogens with one attached hydrogen (secondary N) is 2. The van der Waals surface area contributed by atoms with E-state index >= 15 is 4.39 Å². The van der Waals surface area contributed by atoms with Gasteiger partial charge in [-0.2, -0.15) is 13.9 Å². The van der Waals surface area contributed by atoms with Crippen molar-refractivity contribution in [2.75, 3.05) is 0 Å². The molecule has 0 spiro atoms. The Labute approximate surface area is 282 Å². The molecule has 0 aliphatic heterocycles. The number of benzene rings is 2. The third-order valence-corrected chi connectivity index (χ3v) is 8.17. The second-order valence-electron chi connectivity index (χ2n) is 11.4. The molecule has 8 rings (SSSR count). The van der Waals surface area contributed by atoms with E-state index in [-0.39, 0.29) is 47.9 Å². The van der Waals surface area contributed by atoms with Crippen LogP contribution in [0, 0.1) is 23.3 Å². The summed E-state index contributed by atoms with van der Waals surface area (Å²) in [5.74, 6) is -3.14. The summed E-state index contributed by atoms with van der Waals surface area (Å²) in [7, 11) is 0. The number of halogens is 4. The first-order valence-electron chi connectivity index (χ1n) is 15.3. The minimum atomic E-state index is -1.07. The molecule has 51 heavy (non-hydrogen) atoms. The lowest BCUT2D eigenvalue weighted by molar-refractivity contribution is 0.598. The predicted molar refractivity (Wildman–Crippen MR) is 173 cm³/mol. The summed E-state index contributed by atoms with van der Waals surface area (Å²) >= 11 is 0. The first-order chi connectivity index (χ1) is 24.7. The fourth-order valence-electron chi connectivity index (χ4n) is 5.71. The van der Waals surface area contributed by atoms with Crippen LogP contribution in [0.4, 0.5) is 17.6 Å². The van der Waals surface area contributed by atoms with Crippen molar-refractivity contribution >= 4 is 11.3 Å². The van der Waals surface area contributed by atoms with E-state index in [1.807, 2.05) is 0 Å². The highest BCUT2D eigenvalue weighted by Gasteiger charge is 2.20. The summed E-state index contributed by atoms with van der Waals surface area (Å²) in [6.07, 6.45) is 7.43. The van der Waals surface area contributed by atoms with Crippen molar-refractivity contribution in [2.45, 2.75) is 19.3 Å². The SMILES string of the molecule is O=c1[nH]c(-c2cn3ncnc3c(Cc3cccc(Cc4cnc5c(Cc6ccccc6F)nc(-c6ncc(F)c(=O)[nH]6)cn45)c3F)n2)ncc1F. The fourth-order valence-corrected chi connectivity index (χ4v) is 5.71. The van der Waals surface area contributed by atoms with Gasteiger partial charge in [-0.1, -0.05) is 36.4 Å². The standard InChI is InChI=1S/C34H21F4N11O2/c35-21-7-2-1-4-17(21)9-24-31-41-11-20(48(31)14-26(44-24)29-39-12-22(36)33(50)46-29)8-18-5-3-6-19(28(18)38)10-25-32-42-16-43-49(32)15-27(45-25)30-40-13-23(37)34(51)47-30/h1-7,11-16H,8-10H2,(H,39,46,50)(H,40,47,51). The van der Waals surface area contributed by atoms with Gasteiger partial charge in [-0.15, -0.1) is 0 Å². The van der Waals surface area contributed by atoms with Gasteiger partial charge in [0.05, 0.1) is 30.0 Å². The van der Waals surface area contributed by atoms with Crippen LogP contribution in [0.5, 0.6) is 0 Å². The molecule has 2 N–H and O–H groups in total. The molecule has 8 aromatic rings. The molecule has 0 saturated carbocycles.